The fourth-order valence-electron chi connectivity index (χ4n) is 3.04. The molecule has 0 aromatic carbocycles. The van der Waals surface area contributed by atoms with Crippen molar-refractivity contribution in [2.24, 2.45) is 0 Å². The third-order valence-electron chi connectivity index (χ3n) is 4.53. The second-order valence-corrected chi connectivity index (χ2v) is 7.36. The van der Waals surface area contributed by atoms with Crippen molar-refractivity contribution in [1.29, 1.82) is 0 Å². The number of hydrogen-bond acceptors (Lipinski definition) is 10. The Bertz CT molecular complexity index is 888. The van der Waals surface area contributed by atoms with Crippen molar-refractivity contribution in [2.75, 3.05) is 19.2 Å². The van der Waals surface area contributed by atoms with E-state index < -0.39 is 44.5 Å². The minimum Gasteiger partial charge on any atom is -0.387 e. The van der Waals surface area contributed by atoms with Crippen molar-refractivity contribution in [3.05, 3.63) is 22.1 Å². The molecule has 0 aliphatic carbocycles. The number of aromatic amines is 1. The Labute approximate surface area is 154 Å². The number of ether oxygens (including phenoxy) is 2. The van der Waals surface area contributed by atoms with Gasteiger partial charge in [0, 0.05) is 13.3 Å². The number of aliphatic hydroxyl groups is 2. The smallest absolute Gasteiger partial charge is 0.262 e. The largest absolute Gasteiger partial charge is 0.387 e. The van der Waals surface area contributed by atoms with Crippen molar-refractivity contribution < 1.29 is 34.1 Å². The number of methoxy groups -OCH3 is 1. The van der Waals surface area contributed by atoms with Gasteiger partial charge in [0.2, 0.25) is 20.6 Å². The maximum Gasteiger partial charge on any atom is 0.262 e. The molecule has 12 nitrogen and oxygen atoms in total. The third-order valence-corrected chi connectivity index (χ3v) is 5.03. The highest BCUT2D eigenvalue weighted by atomic mass is 31.2. The minimum absolute atomic E-state index is 0.0745. The number of H-pyrrole nitrogens is 1. The first-order valence-electron chi connectivity index (χ1n) is 7.89. The van der Waals surface area contributed by atoms with E-state index in [9.17, 15) is 14.8 Å². The zero-order valence-corrected chi connectivity index (χ0v) is 15.7. The van der Waals surface area contributed by atoms with Gasteiger partial charge >= 0.3 is 0 Å². The number of nitrogens with two attached hydrogens (primary N) is 1. The van der Waals surface area contributed by atoms with Crippen LogP contribution in [0.25, 0.3) is 11.0 Å². The highest BCUT2D eigenvalue weighted by molar-refractivity contribution is 7.45. The van der Waals surface area contributed by atoms with Gasteiger partial charge in [-0.25, -0.2) is 0 Å². The zero-order chi connectivity index (χ0) is 19.9. The summed E-state index contributed by atoms with van der Waals surface area (Å²) < 4.78 is 17.3. The molecule has 0 bridgehead atoms. The molecule has 2 unspecified atom stereocenters. The van der Waals surface area contributed by atoms with Gasteiger partial charge in [-0.05, 0) is 19.4 Å². The molecule has 5 atom stereocenters. The SMILES string of the molecule is CO[C@]1(C)C(O)[C@@H](OOP(O)CO)O[C@H]1n1cc(C)c2c(=O)[nH]c(N)nc21. The number of fused-ring (bicyclic) bond motifs is 1. The summed E-state index contributed by atoms with van der Waals surface area (Å²) in [4.78, 5) is 33.0. The Kier molecular flexibility index (Phi) is 5.52. The fraction of sp³-hybridized carbons (Fsp3) is 0.571. The molecular weight excluding hydrogens is 383 g/mol. The molecule has 0 saturated carbocycles. The van der Waals surface area contributed by atoms with Crippen LogP contribution in [0.1, 0.15) is 18.7 Å². The number of hydrogen-bond donors (Lipinski definition) is 5. The Morgan fingerprint density at radius 3 is 2.89 bits per heavy atom. The Morgan fingerprint density at radius 1 is 1.56 bits per heavy atom. The quantitative estimate of drug-likeness (QED) is 0.238. The van der Waals surface area contributed by atoms with Crippen molar-refractivity contribution >= 4 is 25.4 Å². The number of anilines is 1. The second kappa shape index (κ2) is 7.41. The number of aliphatic hydroxyl groups excluding tert-OH is 2. The summed E-state index contributed by atoms with van der Waals surface area (Å²) in [5.41, 5.74) is 4.80. The predicted octanol–water partition coefficient (Wildman–Crippen LogP) is -0.562. The predicted molar refractivity (Wildman–Crippen MR) is 93.2 cm³/mol. The van der Waals surface area contributed by atoms with Crippen LogP contribution in [0.2, 0.25) is 0 Å². The topological polar surface area (TPSA) is 174 Å². The average Bonchev–Trinajstić information content (AvgIpc) is 3.08. The van der Waals surface area contributed by atoms with Gasteiger partial charge in [-0.15, -0.1) is 0 Å². The standard InChI is InChI=1S/C14H21N4O8P/c1-6-4-18(9-7(6)10(21)17-13(15)16-9)12-14(2,23-3)8(20)11(24-12)25-26-27(22)5-19/h4,8,11-12,19-20,22H,5H2,1-3H3,(H3,15,16,17,21)/t8?,11-,12-,14-,27?/m1/s1. The van der Waals surface area contributed by atoms with Gasteiger partial charge in [-0.1, -0.05) is 0 Å². The first kappa shape index (κ1) is 20.1. The molecule has 150 valence electrons. The molecule has 1 aliphatic rings. The van der Waals surface area contributed by atoms with E-state index in [0.29, 0.717) is 10.9 Å². The van der Waals surface area contributed by atoms with Gasteiger partial charge in [0.05, 0.1) is 5.39 Å². The summed E-state index contributed by atoms with van der Waals surface area (Å²) in [6.07, 6.45) is -2.64. The van der Waals surface area contributed by atoms with Crippen LogP contribution in [0.5, 0.6) is 0 Å². The molecule has 1 aliphatic heterocycles. The number of aromatic nitrogens is 3. The summed E-state index contributed by atoms with van der Waals surface area (Å²) in [5.74, 6) is -0.0745. The molecule has 13 heteroatoms. The minimum atomic E-state index is -2.23. The van der Waals surface area contributed by atoms with Crippen LogP contribution in [0, 0.1) is 6.92 Å². The maximum atomic E-state index is 12.2. The monoisotopic (exact) mass is 404 g/mol. The van der Waals surface area contributed by atoms with Crippen LogP contribution < -0.4 is 11.3 Å². The van der Waals surface area contributed by atoms with Crippen molar-refractivity contribution in [1.82, 2.24) is 14.5 Å². The van der Waals surface area contributed by atoms with Gasteiger partial charge < -0.3 is 34.9 Å². The number of aryl methyl sites for hydroxylation is 1. The number of nitrogens with one attached hydrogen (secondary N) is 1. The van der Waals surface area contributed by atoms with Crippen molar-refractivity contribution in [3.8, 4) is 0 Å². The normalized spacial score (nSPS) is 29.5. The van der Waals surface area contributed by atoms with E-state index >= 15 is 0 Å². The summed E-state index contributed by atoms with van der Waals surface area (Å²) in [6, 6.07) is 0. The number of rotatable bonds is 6. The van der Waals surface area contributed by atoms with Gasteiger partial charge in [0.25, 0.3) is 5.56 Å². The summed E-state index contributed by atoms with van der Waals surface area (Å²) in [6.45, 7) is 3.30. The van der Waals surface area contributed by atoms with E-state index in [-0.39, 0.29) is 11.6 Å². The molecule has 1 fully saturated rings. The molecule has 27 heavy (non-hydrogen) atoms. The van der Waals surface area contributed by atoms with Crippen LogP contribution in [-0.2, 0) is 19.0 Å². The number of nitrogens with zero attached hydrogens (tertiary/aromatic N) is 2. The highest BCUT2D eigenvalue weighted by Gasteiger charge is 2.56. The van der Waals surface area contributed by atoms with Crippen LogP contribution in [-0.4, -0.2) is 61.1 Å². The molecule has 0 amide bonds. The number of nitrogen functional groups attached to an aromatic ring is 1. The Balaban J connectivity index is 2.02. The van der Waals surface area contributed by atoms with Crippen LogP contribution >= 0.6 is 8.38 Å². The molecule has 2 aromatic rings. The molecule has 3 heterocycles. The van der Waals surface area contributed by atoms with E-state index in [4.69, 9.17) is 25.2 Å². The molecule has 2 aromatic heterocycles. The van der Waals surface area contributed by atoms with Crippen LogP contribution in [0.4, 0.5) is 5.95 Å². The zero-order valence-electron chi connectivity index (χ0n) is 14.8. The lowest BCUT2D eigenvalue weighted by atomic mass is 9.99. The third kappa shape index (κ3) is 3.35. The average molecular weight is 404 g/mol. The van der Waals surface area contributed by atoms with E-state index in [1.807, 2.05) is 0 Å². The van der Waals surface area contributed by atoms with E-state index in [1.165, 1.54) is 11.7 Å². The van der Waals surface area contributed by atoms with E-state index in [2.05, 4.69) is 14.6 Å². The first-order valence-corrected chi connectivity index (χ1v) is 9.29. The van der Waals surface area contributed by atoms with Crippen molar-refractivity contribution in [3.63, 3.8) is 0 Å². The molecule has 6 N–H and O–H groups in total. The molecule has 0 spiro atoms. The van der Waals surface area contributed by atoms with Crippen LogP contribution in [0.3, 0.4) is 0 Å². The highest BCUT2D eigenvalue weighted by Crippen LogP contribution is 2.44. The second-order valence-electron chi connectivity index (χ2n) is 6.22. The molecular formula is C14H21N4O8P. The van der Waals surface area contributed by atoms with E-state index in [1.54, 1.807) is 20.0 Å². The molecule has 1 saturated heterocycles. The first-order chi connectivity index (χ1) is 12.7. The maximum absolute atomic E-state index is 12.2. The lowest BCUT2D eigenvalue weighted by molar-refractivity contribution is -0.332. The van der Waals surface area contributed by atoms with Gasteiger partial charge in [-0.3, -0.25) is 9.78 Å². The fourth-order valence-corrected chi connectivity index (χ4v) is 3.27. The Hall–Kier alpha value is -1.63. The van der Waals surface area contributed by atoms with Gasteiger partial charge in [0.1, 0.15) is 18.1 Å². The lowest BCUT2D eigenvalue weighted by Gasteiger charge is -2.31. The van der Waals surface area contributed by atoms with Gasteiger partial charge in [-0.2, -0.15) is 14.5 Å². The summed E-state index contributed by atoms with van der Waals surface area (Å²) in [5, 5.41) is 19.7. The lowest BCUT2D eigenvalue weighted by Crippen LogP contribution is -2.45. The molecule has 0 radical (unpaired) electrons. The Morgan fingerprint density at radius 2 is 2.26 bits per heavy atom. The van der Waals surface area contributed by atoms with E-state index in [0.717, 1.165) is 0 Å². The summed E-state index contributed by atoms with van der Waals surface area (Å²) in [7, 11) is -0.852. The van der Waals surface area contributed by atoms with Crippen molar-refractivity contribution in [2.45, 2.75) is 38.1 Å². The van der Waals surface area contributed by atoms with Gasteiger partial charge in [0.15, 0.2) is 11.9 Å². The van der Waals surface area contributed by atoms with Crippen LogP contribution in [0.15, 0.2) is 11.0 Å². The summed E-state index contributed by atoms with van der Waals surface area (Å²) >= 11 is 0. The molecule has 3 rings (SSSR count).